The summed E-state index contributed by atoms with van der Waals surface area (Å²) in [7, 11) is -3.50. The highest BCUT2D eigenvalue weighted by Gasteiger charge is 2.32. The SMILES string of the molecule is CC(C)OC(=O)N1CCC(N(c2ncnc3[nH]ncc23)c2ccc3c(S(C)(=O)=O)cc4cccc5ccc2c3c54)CC1. The molecule has 11 heteroatoms. The topological polar surface area (TPSA) is 121 Å². The molecule has 0 atom stereocenters. The van der Waals surface area contributed by atoms with Gasteiger partial charge in [-0.25, -0.2) is 23.2 Å². The average Bonchev–Trinajstić information content (AvgIpc) is 3.46. The van der Waals surface area contributed by atoms with Gasteiger partial charge in [0.25, 0.3) is 0 Å². The highest BCUT2D eigenvalue weighted by molar-refractivity contribution is 7.91. The number of aromatic nitrogens is 4. The normalized spacial score (nSPS) is 15.0. The van der Waals surface area contributed by atoms with Gasteiger partial charge >= 0.3 is 6.09 Å². The van der Waals surface area contributed by atoms with Crippen molar-refractivity contribution in [1.82, 2.24) is 25.1 Å². The number of benzene rings is 4. The molecule has 1 aliphatic heterocycles. The highest BCUT2D eigenvalue weighted by Crippen LogP contribution is 2.45. The molecular weight excluding hydrogens is 552 g/mol. The van der Waals surface area contributed by atoms with Crippen molar-refractivity contribution in [2.24, 2.45) is 0 Å². The summed E-state index contributed by atoms with van der Waals surface area (Å²) in [4.78, 5) is 26.0. The number of H-pyrrole nitrogens is 1. The number of piperidine rings is 1. The monoisotopic (exact) mass is 582 g/mol. The van der Waals surface area contributed by atoms with Crippen molar-refractivity contribution >= 4 is 70.8 Å². The van der Waals surface area contributed by atoms with Gasteiger partial charge in [-0.3, -0.25) is 5.10 Å². The average molecular weight is 583 g/mol. The molecule has 0 bridgehead atoms. The summed E-state index contributed by atoms with van der Waals surface area (Å²) < 4.78 is 31.4. The third-order valence-electron chi connectivity index (χ3n) is 8.12. The van der Waals surface area contributed by atoms with E-state index in [0.717, 1.165) is 38.0 Å². The molecule has 1 aliphatic rings. The first-order valence-electron chi connectivity index (χ1n) is 14.0. The van der Waals surface area contributed by atoms with E-state index in [-0.39, 0.29) is 18.2 Å². The first-order valence-corrected chi connectivity index (χ1v) is 15.9. The van der Waals surface area contributed by atoms with Gasteiger partial charge in [0.05, 0.1) is 28.3 Å². The van der Waals surface area contributed by atoms with Crippen LogP contribution in [0.2, 0.25) is 0 Å². The van der Waals surface area contributed by atoms with Gasteiger partial charge in [0.2, 0.25) is 0 Å². The van der Waals surface area contributed by atoms with Crippen LogP contribution in [0.25, 0.3) is 43.4 Å². The summed E-state index contributed by atoms with van der Waals surface area (Å²) in [6, 6.07) is 15.8. The van der Waals surface area contributed by atoms with Gasteiger partial charge in [0.1, 0.15) is 12.1 Å². The van der Waals surface area contributed by atoms with Gasteiger partial charge in [0, 0.05) is 41.5 Å². The lowest BCUT2D eigenvalue weighted by molar-refractivity contribution is 0.0694. The van der Waals surface area contributed by atoms with Crippen molar-refractivity contribution in [3.8, 4) is 0 Å². The van der Waals surface area contributed by atoms with E-state index in [0.29, 0.717) is 47.7 Å². The van der Waals surface area contributed by atoms with Crippen LogP contribution >= 0.6 is 0 Å². The molecule has 4 aromatic carbocycles. The zero-order valence-corrected chi connectivity index (χ0v) is 24.4. The smallest absolute Gasteiger partial charge is 0.410 e. The van der Waals surface area contributed by atoms with E-state index in [9.17, 15) is 13.2 Å². The summed E-state index contributed by atoms with van der Waals surface area (Å²) in [6.45, 7) is 4.77. The third-order valence-corrected chi connectivity index (χ3v) is 9.26. The van der Waals surface area contributed by atoms with Crippen molar-refractivity contribution in [3.05, 3.63) is 61.1 Å². The molecule has 1 N–H and O–H groups in total. The number of anilines is 2. The van der Waals surface area contributed by atoms with E-state index in [4.69, 9.17) is 9.72 Å². The summed E-state index contributed by atoms with van der Waals surface area (Å²) in [5.74, 6) is 0.704. The van der Waals surface area contributed by atoms with E-state index >= 15 is 0 Å². The number of carbonyl (C=O) groups is 1. The molecule has 6 aromatic rings. The Morgan fingerprint density at radius 1 is 1.00 bits per heavy atom. The standard InChI is InChI=1S/C31H30N6O4S/c1-18(2)41-31(38)36-13-11-21(12-14-36)37(30-24-16-34-35-29(24)32-17-33-30)25-10-9-23-26(42(3,39)40)15-20-6-4-5-19-7-8-22(25)28(23)27(19)20/h4-10,15-18,21H,11-14H2,1-3H3,(H,32,33,34,35). The minimum atomic E-state index is -3.50. The van der Waals surface area contributed by atoms with Crippen molar-refractivity contribution < 1.29 is 17.9 Å². The number of fused-ring (bicyclic) bond motifs is 1. The fourth-order valence-electron chi connectivity index (χ4n) is 6.31. The summed E-state index contributed by atoms with van der Waals surface area (Å²) in [6.07, 6.45) is 5.40. The number of rotatable bonds is 5. The predicted molar refractivity (Wildman–Crippen MR) is 163 cm³/mol. The van der Waals surface area contributed by atoms with Crippen LogP contribution in [0.5, 0.6) is 0 Å². The van der Waals surface area contributed by atoms with Crippen molar-refractivity contribution in [2.75, 3.05) is 24.2 Å². The molecule has 42 heavy (non-hydrogen) atoms. The van der Waals surface area contributed by atoms with Gasteiger partial charge < -0.3 is 14.5 Å². The van der Waals surface area contributed by atoms with Crippen LogP contribution in [-0.4, -0.2) is 71.1 Å². The lowest BCUT2D eigenvalue weighted by Crippen LogP contribution is -2.46. The van der Waals surface area contributed by atoms with Gasteiger partial charge in [-0.05, 0) is 55.0 Å². The molecule has 214 valence electrons. The first-order chi connectivity index (χ1) is 20.2. The van der Waals surface area contributed by atoms with E-state index in [1.165, 1.54) is 12.6 Å². The van der Waals surface area contributed by atoms with Crippen LogP contribution in [0, 0.1) is 0 Å². The second-order valence-corrected chi connectivity index (χ2v) is 13.2. The van der Waals surface area contributed by atoms with Crippen LogP contribution in [0.4, 0.5) is 16.3 Å². The van der Waals surface area contributed by atoms with E-state index in [2.05, 4.69) is 38.3 Å². The number of nitrogens with zero attached hydrogens (tertiary/aromatic N) is 5. The lowest BCUT2D eigenvalue weighted by atomic mass is 9.92. The molecule has 0 aliphatic carbocycles. The minimum absolute atomic E-state index is 0.00560. The molecule has 3 heterocycles. The Labute approximate surface area is 242 Å². The fraction of sp³-hybridized carbons (Fsp3) is 0.290. The zero-order valence-electron chi connectivity index (χ0n) is 23.5. The Morgan fingerprint density at radius 3 is 2.52 bits per heavy atom. The number of likely N-dealkylation sites (tertiary alicyclic amines) is 1. The highest BCUT2D eigenvalue weighted by atomic mass is 32.2. The molecule has 1 fully saturated rings. The number of hydrogen-bond acceptors (Lipinski definition) is 8. The molecular formula is C31H30N6O4S. The van der Waals surface area contributed by atoms with Crippen LogP contribution < -0.4 is 4.90 Å². The lowest BCUT2D eigenvalue weighted by Gasteiger charge is -2.39. The van der Waals surface area contributed by atoms with E-state index in [1.807, 2.05) is 38.1 Å². The van der Waals surface area contributed by atoms with Gasteiger partial charge in [-0.2, -0.15) is 5.10 Å². The summed E-state index contributed by atoms with van der Waals surface area (Å²) in [5.41, 5.74) is 1.53. The van der Waals surface area contributed by atoms with Crippen molar-refractivity contribution in [1.29, 1.82) is 0 Å². The molecule has 0 unspecified atom stereocenters. The number of amides is 1. The molecule has 2 aromatic heterocycles. The fourth-order valence-corrected chi connectivity index (χ4v) is 7.22. The maximum atomic E-state index is 13.0. The third kappa shape index (κ3) is 4.27. The summed E-state index contributed by atoms with van der Waals surface area (Å²) in [5, 5.41) is 13.4. The molecule has 7 rings (SSSR count). The molecule has 1 amide bonds. The van der Waals surface area contributed by atoms with Crippen LogP contribution in [0.15, 0.2) is 66.0 Å². The molecule has 0 saturated carbocycles. The van der Waals surface area contributed by atoms with Crippen LogP contribution in [-0.2, 0) is 14.6 Å². The maximum Gasteiger partial charge on any atom is 0.410 e. The van der Waals surface area contributed by atoms with Gasteiger partial charge in [-0.15, -0.1) is 0 Å². The molecule has 10 nitrogen and oxygen atoms in total. The number of ether oxygens (including phenoxy) is 1. The Balaban J connectivity index is 1.44. The number of nitrogens with one attached hydrogen (secondary N) is 1. The Kier molecular flexibility index (Phi) is 6.16. The number of aromatic amines is 1. The Morgan fingerprint density at radius 2 is 1.76 bits per heavy atom. The predicted octanol–water partition coefficient (Wildman–Crippen LogP) is 5.80. The van der Waals surface area contributed by atoms with Crippen molar-refractivity contribution in [3.63, 3.8) is 0 Å². The number of hydrogen-bond donors (Lipinski definition) is 1. The van der Waals surface area contributed by atoms with E-state index < -0.39 is 9.84 Å². The Hall–Kier alpha value is -4.51. The van der Waals surface area contributed by atoms with Crippen molar-refractivity contribution in [2.45, 2.75) is 43.7 Å². The number of sulfone groups is 1. The zero-order chi connectivity index (χ0) is 29.2. The Bertz CT molecular complexity index is 2080. The molecule has 0 spiro atoms. The molecule has 0 radical (unpaired) electrons. The largest absolute Gasteiger partial charge is 0.447 e. The number of carbonyl (C=O) groups excluding carboxylic acids is 1. The minimum Gasteiger partial charge on any atom is -0.447 e. The maximum absolute atomic E-state index is 13.0. The van der Waals surface area contributed by atoms with Gasteiger partial charge in [-0.1, -0.05) is 36.4 Å². The van der Waals surface area contributed by atoms with Crippen LogP contribution in [0.3, 0.4) is 0 Å². The summed E-state index contributed by atoms with van der Waals surface area (Å²) >= 11 is 0. The second-order valence-electron chi connectivity index (χ2n) is 11.2. The van der Waals surface area contributed by atoms with Gasteiger partial charge in [0.15, 0.2) is 15.5 Å². The second kappa shape index (κ2) is 9.80. The quantitative estimate of drug-likeness (QED) is 0.253. The molecule has 1 saturated heterocycles. The van der Waals surface area contributed by atoms with E-state index in [1.54, 1.807) is 17.2 Å². The van der Waals surface area contributed by atoms with Crippen LogP contribution in [0.1, 0.15) is 26.7 Å². The first kappa shape index (κ1) is 26.4.